The van der Waals surface area contributed by atoms with Gasteiger partial charge in [-0.25, -0.2) is 0 Å². The summed E-state index contributed by atoms with van der Waals surface area (Å²) in [6, 6.07) is 12.0. The van der Waals surface area contributed by atoms with Crippen molar-refractivity contribution in [3.63, 3.8) is 0 Å². The molecule has 0 aliphatic rings. The number of hydrogen-bond donors (Lipinski definition) is 1. The van der Waals surface area contributed by atoms with Crippen molar-refractivity contribution in [2.24, 2.45) is 0 Å². The zero-order chi connectivity index (χ0) is 11.1. The number of H-pyrrole nitrogens is 1. The van der Waals surface area contributed by atoms with E-state index in [-0.39, 0.29) is 0 Å². The van der Waals surface area contributed by atoms with Crippen LogP contribution in [0.5, 0.6) is 5.75 Å². The summed E-state index contributed by atoms with van der Waals surface area (Å²) in [5, 5.41) is 2.95. The molecule has 0 unspecified atom stereocenters. The molecule has 2 nitrogen and oxygen atoms in total. The predicted octanol–water partition coefficient (Wildman–Crippen LogP) is 3.98. The van der Waals surface area contributed by atoms with Crippen molar-refractivity contribution in [2.75, 3.05) is 7.11 Å². The Bertz CT molecular complexity index is 672. The maximum atomic E-state index is 6.20. The van der Waals surface area contributed by atoms with Gasteiger partial charge in [0.05, 0.1) is 17.6 Å². The van der Waals surface area contributed by atoms with E-state index in [1.807, 2.05) is 30.3 Å². The highest BCUT2D eigenvalue weighted by atomic mass is 35.5. The monoisotopic (exact) mass is 231 g/mol. The van der Waals surface area contributed by atoms with Crippen molar-refractivity contribution < 1.29 is 4.74 Å². The van der Waals surface area contributed by atoms with Crippen LogP contribution >= 0.6 is 11.6 Å². The molecule has 16 heavy (non-hydrogen) atoms. The van der Waals surface area contributed by atoms with Gasteiger partial charge in [0.15, 0.2) is 0 Å². The molecule has 3 heteroatoms. The van der Waals surface area contributed by atoms with Gasteiger partial charge in [-0.2, -0.15) is 0 Å². The Morgan fingerprint density at radius 3 is 2.75 bits per heavy atom. The second kappa shape index (κ2) is 3.42. The first kappa shape index (κ1) is 9.55. The second-order valence-corrected chi connectivity index (χ2v) is 4.11. The van der Waals surface area contributed by atoms with Gasteiger partial charge in [-0.1, -0.05) is 29.8 Å². The number of aromatic amines is 1. The van der Waals surface area contributed by atoms with E-state index in [1.165, 1.54) is 5.39 Å². The Labute approximate surface area is 97.8 Å². The third-order valence-corrected chi connectivity index (χ3v) is 3.07. The van der Waals surface area contributed by atoms with Crippen LogP contribution in [-0.2, 0) is 0 Å². The van der Waals surface area contributed by atoms with Gasteiger partial charge in [0.25, 0.3) is 0 Å². The maximum Gasteiger partial charge on any atom is 0.121 e. The van der Waals surface area contributed by atoms with Crippen molar-refractivity contribution in [1.82, 2.24) is 4.98 Å². The van der Waals surface area contributed by atoms with Crippen molar-refractivity contribution in [1.29, 1.82) is 0 Å². The van der Waals surface area contributed by atoms with E-state index in [0.717, 1.165) is 22.2 Å². The van der Waals surface area contributed by atoms with E-state index in [9.17, 15) is 0 Å². The molecule has 1 heterocycles. The maximum absolute atomic E-state index is 6.20. The largest absolute Gasteiger partial charge is 0.497 e. The van der Waals surface area contributed by atoms with Gasteiger partial charge in [-0.3, -0.25) is 0 Å². The number of para-hydroxylation sites is 1. The number of fused-ring (bicyclic) bond motifs is 3. The first-order valence-electron chi connectivity index (χ1n) is 5.03. The average Bonchev–Trinajstić information content (AvgIpc) is 2.68. The van der Waals surface area contributed by atoms with Gasteiger partial charge in [0, 0.05) is 22.4 Å². The van der Waals surface area contributed by atoms with Crippen molar-refractivity contribution in [2.45, 2.75) is 0 Å². The molecular formula is C13H10ClNO. The highest BCUT2D eigenvalue weighted by Crippen LogP contribution is 2.33. The lowest BCUT2D eigenvalue weighted by Gasteiger charge is -2.01. The second-order valence-electron chi connectivity index (χ2n) is 3.70. The summed E-state index contributed by atoms with van der Waals surface area (Å²) in [5.41, 5.74) is 2.05. The lowest BCUT2D eigenvalue weighted by molar-refractivity contribution is 0.415. The molecule has 0 aliphatic carbocycles. The van der Waals surface area contributed by atoms with E-state index in [2.05, 4.69) is 11.1 Å². The fourth-order valence-corrected chi connectivity index (χ4v) is 2.26. The summed E-state index contributed by atoms with van der Waals surface area (Å²) in [6.45, 7) is 0. The lowest BCUT2D eigenvalue weighted by Crippen LogP contribution is -1.82. The average molecular weight is 232 g/mol. The Morgan fingerprint density at radius 1 is 1.12 bits per heavy atom. The van der Waals surface area contributed by atoms with E-state index in [1.54, 1.807) is 7.11 Å². The Balaban J connectivity index is 2.51. The van der Waals surface area contributed by atoms with Crippen molar-refractivity contribution in [3.8, 4) is 5.75 Å². The molecule has 1 aromatic heterocycles. The number of benzene rings is 2. The summed E-state index contributed by atoms with van der Waals surface area (Å²) >= 11 is 6.20. The van der Waals surface area contributed by atoms with Crippen LogP contribution < -0.4 is 4.74 Å². The summed E-state index contributed by atoms with van der Waals surface area (Å²) < 4.78 is 5.22. The minimum atomic E-state index is 0.686. The Morgan fingerprint density at radius 2 is 1.94 bits per heavy atom. The number of ether oxygens (including phenoxy) is 1. The fourth-order valence-electron chi connectivity index (χ4n) is 2.00. The minimum Gasteiger partial charge on any atom is -0.497 e. The normalized spacial score (nSPS) is 11.1. The van der Waals surface area contributed by atoms with Gasteiger partial charge in [0.2, 0.25) is 0 Å². The van der Waals surface area contributed by atoms with Gasteiger partial charge in [-0.05, 0) is 12.1 Å². The molecular weight excluding hydrogens is 222 g/mol. The molecule has 2 aromatic carbocycles. The van der Waals surface area contributed by atoms with Gasteiger partial charge < -0.3 is 9.72 Å². The van der Waals surface area contributed by atoms with Crippen molar-refractivity contribution in [3.05, 3.63) is 41.4 Å². The fraction of sp³-hybridized carbons (Fsp3) is 0.0769. The molecule has 0 spiro atoms. The first-order valence-corrected chi connectivity index (χ1v) is 5.41. The van der Waals surface area contributed by atoms with Crippen LogP contribution in [-0.4, -0.2) is 12.1 Å². The van der Waals surface area contributed by atoms with Crippen LogP contribution in [0.25, 0.3) is 21.8 Å². The molecule has 80 valence electrons. The quantitative estimate of drug-likeness (QED) is 0.673. The smallest absolute Gasteiger partial charge is 0.121 e. The van der Waals surface area contributed by atoms with E-state index >= 15 is 0 Å². The van der Waals surface area contributed by atoms with Crippen LogP contribution in [0.2, 0.25) is 5.02 Å². The molecule has 0 amide bonds. The lowest BCUT2D eigenvalue weighted by atomic mass is 10.1. The van der Waals surface area contributed by atoms with Crippen LogP contribution in [0, 0.1) is 0 Å². The first-order chi connectivity index (χ1) is 7.79. The highest BCUT2D eigenvalue weighted by Gasteiger charge is 2.08. The standard InChI is InChI=1S/C13H10ClNO/c1-16-8-6-10-9-4-2-3-5-12(9)15-13(10)11(14)7-8/h2-7,15H,1H3. The number of methoxy groups -OCH3 is 1. The SMILES string of the molecule is COc1cc(Cl)c2[nH]c3ccccc3c2c1. The van der Waals surface area contributed by atoms with Crippen LogP contribution in [0.3, 0.4) is 0 Å². The van der Waals surface area contributed by atoms with Gasteiger partial charge >= 0.3 is 0 Å². The van der Waals surface area contributed by atoms with Crippen LogP contribution in [0.15, 0.2) is 36.4 Å². The predicted molar refractivity (Wildman–Crippen MR) is 67.4 cm³/mol. The van der Waals surface area contributed by atoms with E-state index in [4.69, 9.17) is 16.3 Å². The highest BCUT2D eigenvalue weighted by molar-refractivity contribution is 6.36. The molecule has 0 atom stereocenters. The minimum absolute atomic E-state index is 0.686. The molecule has 0 saturated heterocycles. The third kappa shape index (κ3) is 1.27. The number of nitrogens with one attached hydrogen (secondary N) is 1. The summed E-state index contributed by atoms with van der Waals surface area (Å²) in [6.07, 6.45) is 0. The zero-order valence-corrected chi connectivity index (χ0v) is 9.51. The number of hydrogen-bond acceptors (Lipinski definition) is 1. The number of aromatic nitrogens is 1. The number of rotatable bonds is 1. The molecule has 0 saturated carbocycles. The molecule has 0 fully saturated rings. The summed E-state index contributed by atoms with van der Waals surface area (Å²) in [7, 11) is 1.65. The molecule has 0 aliphatic heterocycles. The van der Waals surface area contributed by atoms with Gasteiger partial charge in [0.1, 0.15) is 5.75 Å². The van der Waals surface area contributed by atoms with Crippen LogP contribution in [0.4, 0.5) is 0 Å². The molecule has 3 aromatic rings. The Hall–Kier alpha value is -1.67. The van der Waals surface area contributed by atoms with Crippen LogP contribution in [0.1, 0.15) is 0 Å². The third-order valence-electron chi connectivity index (χ3n) is 2.78. The molecule has 1 N–H and O–H groups in total. The molecule has 3 rings (SSSR count). The number of halogens is 1. The molecule has 0 radical (unpaired) electrons. The summed E-state index contributed by atoms with van der Waals surface area (Å²) in [5.74, 6) is 0.780. The Kier molecular flexibility index (Phi) is 2.04. The van der Waals surface area contributed by atoms with E-state index < -0.39 is 0 Å². The zero-order valence-electron chi connectivity index (χ0n) is 8.75. The topological polar surface area (TPSA) is 25.0 Å². The van der Waals surface area contributed by atoms with Gasteiger partial charge in [-0.15, -0.1) is 0 Å². The van der Waals surface area contributed by atoms with E-state index in [0.29, 0.717) is 5.02 Å². The summed E-state index contributed by atoms with van der Waals surface area (Å²) in [4.78, 5) is 3.31. The van der Waals surface area contributed by atoms with Crippen molar-refractivity contribution >= 4 is 33.4 Å². The molecule has 0 bridgehead atoms.